The van der Waals surface area contributed by atoms with Crippen LogP contribution in [-0.4, -0.2) is 72.3 Å². The monoisotopic (exact) mass is 629 g/mol. The van der Waals surface area contributed by atoms with Gasteiger partial charge in [-0.1, -0.05) is 31.2 Å². The number of para-hydroxylation sites is 2. The molecule has 0 radical (unpaired) electrons. The number of hydrogen-bond donors (Lipinski definition) is 3. The first-order chi connectivity index (χ1) is 22.1. The first-order valence-corrected chi connectivity index (χ1v) is 15.8. The van der Waals surface area contributed by atoms with Gasteiger partial charge in [0, 0.05) is 36.4 Å². The Balaban J connectivity index is 1.26. The summed E-state index contributed by atoms with van der Waals surface area (Å²) in [6, 6.07) is 19.6. The van der Waals surface area contributed by atoms with Crippen molar-refractivity contribution >= 4 is 35.1 Å². The highest BCUT2D eigenvalue weighted by Gasteiger charge is 2.28. The first-order valence-electron chi connectivity index (χ1n) is 15.8. The number of nitrogens with zero attached hydrogens (tertiary/aromatic N) is 2. The zero-order valence-electron chi connectivity index (χ0n) is 26.9. The fourth-order valence-electron chi connectivity index (χ4n) is 5.61. The van der Waals surface area contributed by atoms with Crippen LogP contribution in [-0.2, 0) is 11.3 Å². The van der Waals surface area contributed by atoms with E-state index in [1.165, 1.54) is 0 Å². The number of nitrogens with one attached hydrogen (secondary N) is 3. The van der Waals surface area contributed by atoms with Crippen LogP contribution in [0.25, 0.3) is 0 Å². The molecule has 0 saturated carbocycles. The minimum atomic E-state index is -0.655. The molecule has 4 amide bonds. The molecule has 11 nitrogen and oxygen atoms in total. The minimum Gasteiger partial charge on any atom is -0.486 e. The molecular weight excluding hydrogens is 586 g/mol. The van der Waals surface area contributed by atoms with E-state index >= 15 is 0 Å². The lowest BCUT2D eigenvalue weighted by atomic mass is 10.1. The van der Waals surface area contributed by atoms with Crippen LogP contribution in [0.1, 0.15) is 56.5 Å². The molecule has 2 aliphatic heterocycles. The highest BCUT2D eigenvalue weighted by Crippen LogP contribution is 2.33. The van der Waals surface area contributed by atoms with E-state index < -0.39 is 11.7 Å². The predicted octanol–water partition coefficient (Wildman–Crippen LogP) is 6.58. The lowest BCUT2D eigenvalue weighted by Crippen LogP contribution is -2.44. The number of hydrogen-bond acceptors (Lipinski definition) is 7. The summed E-state index contributed by atoms with van der Waals surface area (Å²) in [5.74, 6) is 0.945. The zero-order chi connectivity index (χ0) is 32.7. The van der Waals surface area contributed by atoms with Crippen molar-refractivity contribution in [2.75, 3.05) is 48.8 Å². The molecule has 0 spiro atoms. The Morgan fingerprint density at radius 1 is 0.913 bits per heavy atom. The third kappa shape index (κ3) is 8.69. The Hall–Kier alpha value is -4.77. The molecule has 2 heterocycles. The van der Waals surface area contributed by atoms with E-state index in [4.69, 9.17) is 14.2 Å². The number of carbonyl (C=O) groups is 3. The van der Waals surface area contributed by atoms with Gasteiger partial charge in [-0.2, -0.15) is 0 Å². The van der Waals surface area contributed by atoms with Gasteiger partial charge in [0.25, 0.3) is 5.91 Å². The molecule has 1 atom stereocenters. The van der Waals surface area contributed by atoms with E-state index in [1.54, 1.807) is 69.3 Å². The summed E-state index contributed by atoms with van der Waals surface area (Å²) in [5, 5.41) is 8.61. The van der Waals surface area contributed by atoms with Gasteiger partial charge in [-0.25, -0.2) is 9.59 Å². The topological polar surface area (TPSA) is 121 Å². The first kappa shape index (κ1) is 32.6. The van der Waals surface area contributed by atoms with Crippen molar-refractivity contribution in [1.29, 1.82) is 0 Å². The molecule has 5 rings (SSSR count). The lowest BCUT2D eigenvalue weighted by molar-refractivity contribution is 0.0635. The molecule has 3 aromatic carbocycles. The van der Waals surface area contributed by atoms with Crippen molar-refractivity contribution in [3.05, 3.63) is 77.9 Å². The van der Waals surface area contributed by atoms with Crippen LogP contribution in [0.5, 0.6) is 11.5 Å². The Kier molecular flexibility index (Phi) is 10.3. The van der Waals surface area contributed by atoms with E-state index in [2.05, 4.69) is 27.8 Å². The van der Waals surface area contributed by atoms with Gasteiger partial charge in [0.2, 0.25) is 0 Å². The Labute approximate surface area is 270 Å². The van der Waals surface area contributed by atoms with Gasteiger partial charge in [0.1, 0.15) is 18.8 Å². The molecule has 0 bridgehead atoms. The van der Waals surface area contributed by atoms with E-state index in [1.807, 2.05) is 23.1 Å². The van der Waals surface area contributed by atoms with Crippen LogP contribution in [0.15, 0.2) is 66.7 Å². The van der Waals surface area contributed by atoms with E-state index in [-0.39, 0.29) is 18.0 Å². The molecule has 3 aromatic rings. The minimum absolute atomic E-state index is 0.212. The summed E-state index contributed by atoms with van der Waals surface area (Å²) in [7, 11) is 0. The molecule has 244 valence electrons. The number of rotatable bonds is 9. The van der Waals surface area contributed by atoms with Crippen LogP contribution < -0.4 is 25.4 Å². The van der Waals surface area contributed by atoms with Gasteiger partial charge in [0.15, 0.2) is 11.5 Å². The van der Waals surface area contributed by atoms with Gasteiger partial charge < -0.3 is 29.7 Å². The number of likely N-dealkylation sites (tertiary alicyclic amines) is 1. The van der Waals surface area contributed by atoms with Crippen LogP contribution in [0.2, 0.25) is 0 Å². The van der Waals surface area contributed by atoms with E-state index in [0.29, 0.717) is 60.4 Å². The maximum atomic E-state index is 13.7. The Morgan fingerprint density at radius 2 is 1.61 bits per heavy atom. The van der Waals surface area contributed by atoms with Gasteiger partial charge in [-0.15, -0.1) is 0 Å². The summed E-state index contributed by atoms with van der Waals surface area (Å²) >= 11 is 0. The van der Waals surface area contributed by atoms with Gasteiger partial charge >= 0.3 is 12.1 Å². The number of carbonyl (C=O) groups excluding carboxylic acids is 3. The summed E-state index contributed by atoms with van der Waals surface area (Å²) in [4.78, 5) is 43.4. The normalized spacial score (nSPS) is 16.0. The third-order valence-corrected chi connectivity index (χ3v) is 7.82. The summed E-state index contributed by atoms with van der Waals surface area (Å²) in [6.45, 7) is 11.4. The largest absolute Gasteiger partial charge is 0.486 e. The second-order valence-electron chi connectivity index (χ2n) is 12.4. The van der Waals surface area contributed by atoms with Crippen molar-refractivity contribution in [2.24, 2.45) is 0 Å². The lowest BCUT2D eigenvalue weighted by Gasteiger charge is -2.30. The van der Waals surface area contributed by atoms with Crippen LogP contribution in [0.3, 0.4) is 0 Å². The second kappa shape index (κ2) is 14.6. The number of likely N-dealkylation sites (N-methyl/N-ethyl adjacent to an activating group) is 1. The molecule has 1 fully saturated rings. The second-order valence-corrected chi connectivity index (χ2v) is 12.4. The van der Waals surface area contributed by atoms with Crippen molar-refractivity contribution in [3.63, 3.8) is 0 Å². The molecule has 11 heteroatoms. The highest BCUT2D eigenvalue weighted by atomic mass is 16.6. The van der Waals surface area contributed by atoms with E-state index in [9.17, 15) is 14.4 Å². The number of fused-ring (bicyclic) bond motifs is 1. The van der Waals surface area contributed by atoms with Crippen molar-refractivity contribution in [1.82, 2.24) is 9.80 Å². The summed E-state index contributed by atoms with van der Waals surface area (Å²) < 4.78 is 16.7. The summed E-state index contributed by atoms with van der Waals surface area (Å²) in [6.07, 6.45) is 1.53. The maximum absolute atomic E-state index is 13.7. The SMILES string of the molecule is CCN1CCCC1CN(Cc1ccc(C(=O)Nc2ccccc2NC(=O)OC(C)(C)C)cc1)C(=O)Nc1ccc2c(c1)OCCO2. The number of amides is 4. The number of anilines is 3. The molecule has 0 aliphatic carbocycles. The van der Waals surface area contributed by atoms with Gasteiger partial charge in [-0.05, 0) is 88.7 Å². The molecule has 0 aromatic heterocycles. The average Bonchev–Trinajstić information content (AvgIpc) is 3.48. The number of benzene rings is 3. The number of urea groups is 1. The van der Waals surface area contributed by atoms with Gasteiger partial charge in [-0.3, -0.25) is 15.0 Å². The maximum Gasteiger partial charge on any atom is 0.412 e. The van der Waals surface area contributed by atoms with Crippen LogP contribution in [0, 0.1) is 0 Å². The molecule has 2 aliphatic rings. The number of ether oxygens (including phenoxy) is 3. The third-order valence-electron chi connectivity index (χ3n) is 7.82. The molecular formula is C35H43N5O6. The van der Waals surface area contributed by atoms with Crippen LogP contribution >= 0.6 is 0 Å². The molecule has 1 unspecified atom stereocenters. The summed E-state index contributed by atoms with van der Waals surface area (Å²) in [5.41, 5.74) is 2.18. The predicted molar refractivity (Wildman–Crippen MR) is 178 cm³/mol. The van der Waals surface area contributed by atoms with Crippen LogP contribution in [0.4, 0.5) is 26.7 Å². The fourth-order valence-corrected chi connectivity index (χ4v) is 5.61. The fraction of sp³-hybridized carbons (Fsp3) is 0.400. The standard InChI is InChI=1S/C35H43N5O6/c1-5-39-18-8-9-27(39)23-40(33(42)36-26-16-17-30-31(21-26)45-20-19-44-30)22-24-12-14-25(15-13-24)32(41)37-28-10-6-7-11-29(28)38-34(43)46-35(2,3)4/h6-7,10-17,21,27H,5,8-9,18-20,22-23H2,1-4H3,(H,36,42)(H,37,41)(H,38,43). The zero-order valence-corrected chi connectivity index (χ0v) is 26.9. The highest BCUT2D eigenvalue weighted by molar-refractivity contribution is 6.06. The van der Waals surface area contributed by atoms with Crippen molar-refractivity contribution < 1.29 is 28.6 Å². The average molecular weight is 630 g/mol. The molecule has 1 saturated heterocycles. The smallest absolute Gasteiger partial charge is 0.412 e. The molecule has 46 heavy (non-hydrogen) atoms. The van der Waals surface area contributed by atoms with Crippen molar-refractivity contribution in [2.45, 2.75) is 58.7 Å². The van der Waals surface area contributed by atoms with E-state index in [0.717, 1.165) is 31.5 Å². The quantitative estimate of drug-likeness (QED) is 0.245. The van der Waals surface area contributed by atoms with Gasteiger partial charge in [0.05, 0.1) is 11.4 Å². The van der Waals surface area contributed by atoms with Crippen molar-refractivity contribution in [3.8, 4) is 11.5 Å². The Morgan fingerprint density at radius 3 is 2.30 bits per heavy atom. The molecule has 3 N–H and O–H groups in total. The Bertz CT molecular complexity index is 1540.